The Bertz CT molecular complexity index is 219. The van der Waals surface area contributed by atoms with Crippen molar-refractivity contribution < 1.29 is 0 Å². The van der Waals surface area contributed by atoms with Crippen molar-refractivity contribution in [1.29, 1.82) is 0 Å². The topological polar surface area (TPSA) is 41.6 Å². The maximum Gasteiger partial charge on any atom is 0.0272 e. The second-order valence-corrected chi connectivity index (χ2v) is 3.33. The van der Waals surface area contributed by atoms with Gasteiger partial charge < -0.3 is 5.73 Å². The normalized spacial score (nSPS) is 12.7. The van der Waals surface area contributed by atoms with Crippen molar-refractivity contribution in [3.8, 4) is 0 Å². The van der Waals surface area contributed by atoms with E-state index < -0.39 is 0 Å². The maximum atomic E-state index is 5.54. The van der Waals surface area contributed by atoms with Crippen LogP contribution in [0.2, 0.25) is 0 Å². The highest BCUT2D eigenvalue weighted by Gasteiger charge is 2.02. The molecule has 0 rings (SSSR count). The van der Waals surface area contributed by atoms with Crippen LogP contribution in [0.4, 0.5) is 0 Å². The molecule has 3 heteroatoms. The zero-order valence-corrected chi connectivity index (χ0v) is 9.95. The van der Waals surface area contributed by atoms with Crippen molar-refractivity contribution in [2.24, 2.45) is 10.7 Å². The van der Waals surface area contributed by atoms with Gasteiger partial charge in [0.1, 0.15) is 0 Å². The number of nitrogens with zero attached hydrogens (tertiary/aromatic N) is 2. The van der Waals surface area contributed by atoms with Crippen LogP contribution >= 0.6 is 0 Å². The summed E-state index contributed by atoms with van der Waals surface area (Å²) in [4.78, 5) is 6.46. The first-order chi connectivity index (χ1) is 7.28. The van der Waals surface area contributed by atoms with Crippen LogP contribution in [-0.2, 0) is 0 Å². The van der Waals surface area contributed by atoms with Gasteiger partial charge in [-0.15, -0.1) is 0 Å². The van der Waals surface area contributed by atoms with E-state index in [4.69, 9.17) is 5.73 Å². The van der Waals surface area contributed by atoms with Crippen molar-refractivity contribution in [2.45, 2.75) is 20.3 Å². The Morgan fingerprint density at radius 2 is 2.20 bits per heavy atom. The lowest BCUT2D eigenvalue weighted by molar-refractivity contribution is 0.318. The summed E-state index contributed by atoms with van der Waals surface area (Å²) in [5.74, 6) is 0. The molecule has 0 radical (unpaired) electrons. The van der Waals surface area contributed by atoms with Crippen LogP contribution in [0, 0.1) is 0 Å². The smallest absolute Gasteiger partial charge is 0.0272 e. The minimum Gasteiger partial charge on any atom is -0.329 e. The van der Waals surface area contributed by atoms with Gasteiger partial charge in [0.25, 0.3) is 0 Å². The molecule has 15 heavy (non-hydrogen) atoms. The van der Waals surface area contributed by atoms with Crippen LogP contribution < -0.4 is 5.73 Å². The lowest BCUT2D eigenvalue weighted by Gasteiger charge is -2.20. The second kappa shape index (κ2) is 9.62. The van der Waals surface area contributed by atoms with Crippen molar-refractivity contribution in [3.05, 3.63) is 24.4 Å². The maximum absolute atomic E-state index is 5.54. The molecule has 0 atom stereocenters. The molecule has 0 spiro atoms. The van der Waals surface area contributed by atoms with Crippen molar-refractivity contribution in [1.82, 2.24) is 4.90 Å². The van der Waals surface area contributed by atoms with E-state index in [1.807, 2.05) is 6.20 Å². The van der Waals surface area contributed by atoms with E-state index >= 15 is 0 Å². The number of nitrogens with two attached hydrogens (primary N) is 1. The highest BCUT2D eigenvalue weighted by molar-refractivity contribution is 5.70. The van der Waals surface area contributed by atoms with Crippen molar-refractivity contribution in [3.63, 3.8) is 0 Å². The van der Waals surface area contributed by atoms with Crippen LogP contribution in [0.1, 0.15) is 20.3 Å². The summed E-state index contributed by atoms with van der Waals surface area (Å²) in [5, 5.41) is 0. The van der Waals surface area contributed by atoms with E-state index in [2.05, 4.69) is 30.3 Å². The Morgan fingerprint density at radius 1 is 1.47 bits per heavy atom. The van der Waals surface area contributed by atoms with E-state index in [-0.39, 0.29) is 0 Å². The molecule has 0 bridgehead atoms. The zero-order chi connectivity index (χ0) is 11.5. The highest BCUT2D eigenvalue weighted by atomic mass is 15.1. The van der Waals surface area contributed by atoms with Gasteiger partial charge in [-0.05, 0) is 18.5 Å². The third-order valence-electron chi connectivity index (χ3n) is 2.22. The molecular formula is C12H23N3. The van der Waals surface area contributed by atoms with Crippen molar-refractivity contribution >= 4 is 6.21 Å². The molecule has 0 aromatic carbocycles. The number of likely N-dealkylation sites (N-methyl/N-ethyl adjacent to an activating group) is 1. The van der Waals surface area contributed by atoms with Gasteiger partial charge >= 0.3 is 0 Å². The number of hydrogen-bond donors (Lipinski definition) is 1. The van der Waals surface area contributed by atoms with E-state index in [9.17, 15) is 0 Å². The lowest BCUT2D eigenvalue weighted by Crippen LogP contribution is -2.31. The molecule has 0 heterocycles. The highest BCUT2D eigenvalue weighted by Crippen LogP contribution is 2.03. The van der Waals surface area contributed by atoms with E-state index in [0.717, 1.165) is 26.1 Å². The van der Waals surface area contributed by atoms with Gasteiger partial charge in [0, 0.05) is 32.0 Å². The minimum atomic E-state index is 0.709. The molecule has 3 nitrogen and oxygen atoms in total. The number of rotatable bonds is 8. The first-order valence-electron chi connectivity index (χ1n) is 5.52. The first kappa shape index (κ1) is 14.1. The van der Waals surface area contributed by atoms with E-state index in [0.29, 0.717) is 6.54 Å². The second-order valence-electron chi connectivity index (χ2n) is 3.33. The number of aliphatic imine (C=N–C) groups is 1. The summed E-state index contributed by atoms with van der Waals surface area (Å²) in [6.45, 7) is 11.5. The molecule has 0 aromatic heterocycles. The fourth-order valence-corrected chi connectivity index (χ4v) is 1.27. The van der Waals surface area contributed by atoms with Crippen LogP contribution in [0.3, 0.4) is 0 Å². The molecule has 86 valence electrons. The molecule has 0 saturated heterocycles. The monoisotopic (exact) mass is 209 g/mol. The largest absolute Gasteiger partial charge is 0.329 e. The van der Waals surface area contributed by atoms with Crippen LogP contribution in [0.5, 0.6) is 0 Å². The summed E-state index contributed by atoms with van der Waals surface area (Å²) < 4.78 is 0. The quantitative estimate of drug-likeness (QED) is 0.620. The predicted molar refractivity (Wildman–Crippen MR) is 68.2 cm³/mol. The zero-order valence-electron chi connectivity index (χ0n) is 9.95. The Balaban J connectivity index is 4.21. The van der Waals surface area contributed by atoms with Crippen LogP contribution in [0.25, 0.3) is 0 Å². The summed E-state index contributed by atoms with van der Waals surface area (Å²) >= 11 is 0. The SMILES string of the molecule is C=CC=N/C=C(\CC)CN(CC)CCN. The molecule has 2 N–H and O–H groups in total. The average Bonchev–Trinajstić information content (AvgIpc) is 2.26. The Kier molecular flexibility index (Phi) is 9.02. The Hall–Kier alpha value is -0.930. The minimum absolute atomic E-state index is 0.709. The first-order valence-corrected chi connectivity index (χ1v) is 5.52. The molecule has 0 amide bonds. The summed E-state index contributed by atoms with van der Waals surface area (Å²) in [7, 11) is 0. The van der Waals surface area contributed by atoms with Gasteiger partial charge in [-0.2, -0.15) is 0 Å². The summed E-state index contributed by atoms with van der Waals surface area (Å²) in [5.41, 5.74) is 6.86. The molecule has 0 aliphatic carbocycles. The summed E-state index contributed by atoms with van der Waals surface area (Å²) in [6.07, 6.45) is 6.33. The molecule has 0 fully saturated rings. The standard InChI is InChI=1S/C12H23N3/c1-4-8-14-10-12(5-2)11-15(6-3)9-7-13/h4,8,10H,1,5-7,9,11,13H2,2-3H3/b12-10+,14-8?. The predicted octanol–water partition coefficient (Wildman–Crippen LogP) is 1.82. The molecule has 0 unspecified atom stereocenters. The molecular weight excluding hydrogens is 186 g/mol. The molecule has 0 aliphatic heterocycles. The number of allylic oxidation sites excluding steroid dienone is 1. The van der Waals surface area contributed by atoms with E-state index in [1.165, 1.54) is 5.57 Å². The molecule has 0 saturated carbocycles. The fraction of sp³-hybridized carbons (Fsp3) is 0.583. The Labute approximate surface area is 93.4 Å². The average molecular weight is 209 g/mol. The third-order valence-corrected chi connectivity index (χ3v) is 2.22. The van der Waals surface area contributed by atoms with Gasteiger partial charge in [-0.1, -0.05) is 26.5 Å². The van der Waals surface area contributed by atoms with Crippen molar-refractivity contribution in [2.75, 3.05) is 26.2 Å². The Morgan fingerprint density at radius 3 is 2.67 bits per heavy atom. The van der Waals surface area contributed by atoms with Gasteiger partial charge in [-0.25, -0.2) is 0 Å². The van der Waals surface area contributed by atoms with Gasteiger partial charge in [0.15, 0.2) is 0 Å². The van der Waals surface area contributed by atoms with Crippen LogP contribution in [0.15, 0.2) is 29.4 Å². The number of hydrogen-bond acceptors (Lipinski definition) is 3. The molecule has 0 aromatic rings. The van der Waals surface area contributed by atoms with Gasteiger partial charge in [0.05, 0.1) is 0 Å². The van der Waals surface area contributed by atoms with E-state index in [1.54, 1.807) is 12.3 Å². The summed E-state index contributed by atoms with van der Waals surface area (Å²) in [6, 6.07) is 0. The fourth-order valence-electron chi connectivity index (χ4n) is 1.27. The lowest BCUT2D eigenvalue weighted by atomic mass is 10.2. The third kappa shape index (κ3) is 7.05. The van der Waals surface area contributed by atoms with Gasteiger partial charge in [-0.3, -0.25) is 9.89 Å². The molecule has 0 aliphatic rings. The van der Waals surface area contributed by atoms with Crippen LogP contribution in [-0.4, -0.2) is 37.3 Å². The van der Waals surface area contributed by atoms with Gasteiger partial charge in [0.2, 0.25) is 0 Å².